The summed E-state index contributed by atoms with van der Waals surface area (Å²) in [5.41, 5.74) is 1.29. The van der Waals surface area contributed by atoms with Crippen LogP contribution in [-0.2, 0) is 4.79 Å². The van der Waals surface area contributed by atoms with Crippen LogP contribution in [0.4, 0.5) is 0 Å². The van der Waals surface area contributed by atoms with Crippen LogP contribution in [0.25, 0.3) is 0 Å². The minimum atomic E-state index is -1.00. The Labute approximate surface area is 125 Å². The summed E-state index contributed by atoms with van der Waals surface area (Å²) in [5, 5.41) is 11.6. The number of carboxylic acid groups (broad SMARTS) is 1. The second-order valence-corrected chi connectivity index (χ2v) is 5.90. The number of carbonyl (C=O) groups is 2. The normalized spacial score (nSPS) is 11.9. The number of halogens is 1. The van der Waals surface area contributed by atoms with Crippen molar-refractivity contribution in [1.29, 1.82) is 0 Å². The highest BCUT2D eigenvalue weighted by Crippen LogP contribution is 2.19. The third-order valence-electron chi connectivity index (χ3n) is 2.73. The maximum atomic E-state index is 12.1. The molecule has 1 amide bonds. The molecule has 0 aliphatic heterocycles. The molecule has 1 atom stereocenters. The first-order valence-corrected chi connectivity index (χ1v) is 7.93. The van der Waals surface area contributed by atoms with Crippen LogP contribution in [0.2, 0.25) is 0 Å². The lowest BCUT2D eigenvalue weighted by atomic mass is 10.1. The molecular formula is C13H16BrNO3S. The number of hydrogen-bond acceptors (Lipinski definition) is 3. The molecule has 0 aliphatic carbocycles. The summed E-state index contributed by atoms with van der Waals surface area (Å²) in [6, 6.07) is 4.43. The summed E-state index contributed by atoms with van der Waals surface area (Å²) >= 11 is 4.91. The van der Waals surface area contributed by atoms with Gasteiger partial charge in [0.15, 0.2) is 0 Å². The number of thioether (sulfide) groups is 1. The van der Waals surface area contributed by atoms with E-state index in [0.29, 0.717) is 17.7 Å². The summed E-state index contributed by atoms with van der Waals surface area (Å²) in [6.07, 6.45) is 2.31. The summed E-state index contributed by atoms with van der Waals surface area (Å²) in [6.45, 7) is 1.82. The van der Waals surface area contributed by atoms with Crippen LogP contribution in [0.15, 0.2) is 22.7 Å². The topological polar surface area (TPSA) is 66.4 Å². The molecular weight excluding hydrogens is 330 g/mol. The van der Waals surface area contributed by atoms with E-state index in [4.69, 9.17) is 5.11 Å². The first-order valence-electron chi connectivity index (χ1n) is 5.75. The van der Waals surface area contributed by atoms with Gasteiger partial charge in [0.1, 0.15) is 6.04 Å². The third-order valence-corrected chi connectivity index (χ3v) is 4.23. The third kappa shape index (κ3) is 4.54. The van der Waals surface area contributed by atoms with E-state index in [1.807, 2.05) is 19.2 Å². The van der Waals surface area contributed by atoms with Gasteiger partial charge in [-0.1, -0.05) is 22.0 Å². The molecule has 0 aromatic heterocycles. The predicted molar refractivity (Wildman–Crippen MR) is 80.8 cm³/mol. The van der Waals surface area contributed by atoms with Crippen molar-refractivity contribution in [1.82, 2.24) is 5.32 Å². The van der Waals surface area contributed by atoms with E-state index in [9.17, 15) is 9.59 Å². The Hall–Kier alpha value is -1.01. The van der Waals surface area contributed by atoms with Crippen LogP contribution in [-0.4, -0.2) is 35.0 Å². The van der Waals surface area contributed by atoms with E-state index in [1.54, 1.807) is 23.9 Å². The fraction of sp³-hybridized carbons (Fsp3) is 0.385. The van der Waals surface area contributed by atoms with Crippen LogP contribution in [0.3, 0.4) is 0 Å². The van der Waals surface area contributed by atoms with Crippen molar-refractivity contribution in [2.24, 2.45) is 0 Å². The van der Waals surface area contributed by atoms with E-state index in [1.165, 1.54) is 0 Å². The molecule has 1 aromatic carbocycles. The molecule has 6 heteroatoms. The minimum absolute atomic E-state index is 0.354. The van der Waals surface area contributed by atoms with Crippen LogP contribution < -0.4 is 5.32 Å². The molecule has 1 rings (SSSR count). The Morgan fingerprint density at radius 1 is 1.47 bits per heavy atom. The largest absolute Gasteiger partial charge is 0.480 e. The number of nitrogens with one attached hydrogen (secondary N) is 1. The Balaban J connectivity index is 2.82. The van der Waals surface area contributed by atoms with Crippen molar-refractivity contribution in [2.75, 3.05) is 12.0 Å². The van der Waals surface area contributed by atoms with Gasteiger partial charge < -0.3 is 10.4 Å². The van der Waals surface area contributed by atoms with E-state index in [-0.39, 0.29) is 5.91 Å². The highest BCUT2D eigenvalue weighted by Gasteiger charge is 2.21. The highest BCUT2D eigenvalue weighted by atomic mass is 79.9. The molecule has 0 saturated heterocycles. The van der Waals surface area contributed by atoms with E-state index in [2.05, 4.69) is 21.2 Å². The lowest BCUT2D eigenvalue weighted by Gasteiger charge is -2.15. The smallest absolute Gasteiger partial charge is 0.326 e. The molecule has 1 aromatic rings. The van der Waals surface area contributed by atoms with Gasteiger partial charge in [-0.25, -0.2) is 4.79 Å². The van der Waals surface area contributed by atoms with Gasteiger partial charge in [-0.15, -0.1) is 0 Å². The number of hydrogen-bond donors (Lipinski definition) is 2. The Morgan fingerprint density at radius 3 is 2.74 bits per heavy atom. The number of carbonyl (C=O) groups excluding carboxylic acids is 1. The summed E-state index contributed by atoms with van der Waals surface area (Å²) < 4.78 is 0.830. The van der Waals surface area contributed by atoms with Gasteiger partial charge in [0.2, 0.25) is 0 Å². The standard InChI is InChI=1S/C13H16BrNO3S/c1-8-9(4-3-5-10(8)14)12(16)15-11(13(17)18)6-7-19-2/h3-5,11H,6-7H2,1-2H3,(H,15,16)(H,17,18)/t11-/m1/s1. The molecule has 4 nitrogen and oxygen atoms in total. The number of aliphatic carboxylic acids is 1. The van der Waals surface area contributed by atoms with Crippen LogP contribution in [0.5, 0.6) is 0 Å². The Morgan fingerprint density at radius 2 is 2.16 bits per heavy atom. The fourth-order valence-corrected chi connectivity index (χ4v) is 2.42. The zero-order chi connectivity index (χ0) is 14.4. The zero-order valence-electron chi connectivity index (χ0n) is 10.8. The molecule has 0 heterocycles. The second-order valence-electron chi connectivity index (χ2n) is 4.06. The number of amides is 1. The molecule has 0 spiro atoms. The first kappa shape index (κ1) is 16.0. The SMILES string of the molecule is CSCC[C@@H](NC(=O)c1cccc(Br)c1C)C(=O)O. The molecule has 0 saturated carbocycles. The zero-order valence-corrected chi connectivity index (χ0v) is 13.2. The van der Waals surface area contributed by atoms with Gasteiger partial charge in [0, 0.05) is 10.0 Å². The molecule has 104 valence electrons. The van der Waals surface area contributed by atoms with Gasteiger partial charge in [-0.05, 0) is 43.0 Å². The van der Waals surface area contributed by atoms with Crippen molar-refractivity contribution >= 4 is 39.6 Å². The molecule has 0 aliphatic rings. The predicted octanol–water partition coefficient (Wildman–Crippen LogP) is 2.69. The Bertz CT molecular complexity index is 479. The lowest BCUT2D eigenvalue weighted by Crippen LogP contribution is -2.41. The second kappa shape index (κ2) is 7.55. The first-order chi connectivity index (χ1) is 8.97. The highest BCUT2D eigenvalue weighted by molar-refractivity contribution is 9.10. The molecule has 0 radical (unpaired) electrons. The van der Waals surface area contributed by atoms with E-state index in [0.717, 1.165) is 10.0 Å². The van der Waals surface area contributed by atoms with Crippen molar-refractivity contribution < 1.29 is 14.7 Å². The minimum Gasteiger partial charge on any atom is -0.480 e. The van der Waals surface area contributed by atoms with Crippen LogP contribution in [0.1, 0.15) is 22.3 Å². The molecule has 2 N–H and O–H groups in total. The number of carboxylic acids is 1. The molecule has 0 bridgehead atoms. The molecule has 0 unspecified atom stereocenters. The number of benzene rings is 1. The summed E-state index contributed by atoms with van der Waals surface area (Å²) in [4.78, 5) is 23.2. The lowest BCUT2D eigenvalue weighted by molar-refractivity contribution is -0.139. The average molecular weight is 346 g/mol. The number of rotatable bonds is 6. The summed E-state index contributed by atoms with van der Waals surface area (Å²) in [7, 11) is 0. The van der Waals surface area contributed by atoms with Crippen LogP contribution in [0, 0.1) is 6.92 Å². The van der Waals surface area contributed by atoms with Gasteiger partial charge in [-0.2, -0.15) is 11.8 Å². The maximum Gasteiger partial charge on any atom is 0.326 e. The van der Waals surface area contributed by atoms with Gasteiger partial charge in [-0.3, -0.25) is 4.79 Å². The molecule has 19 heavy (non-hydrogen) atoms. The van der Waals surface area contributed by atoms with Crippen LogP contribution >= 0.6 is 27.7 Å². The molecule has 0 fully saturated rings. The van der Waals surface area contributed by atoms with Crippen molar-refractivity contribution in [3.8, 4) is 0 Å². The van der Waals surface area contributed by atoms with Gasteiger partial charge in [0.05, 0.1) is 0 Å². The maximum absolute atomic E-state index is 12.1. The van der Waals surface area contributed by atoms with E-state index >= 15 is 0 Å². The quantitative estimate of drug-likeness (QED) is 0.831. The average Bonchev–Trinajstić information content (AvgIpc) is 2.37. The Kier molecular flexibility index (Phi) is 6.37. The van der Waals surface area contributed by atoms with Crippen molar-refractivity contribution in [3.63, 3.8) is 0 Å². The monoisotopic (exact) mass is 345 g/mol. The fourth-order valence-electron chi connectivity index (χ4n) is 1.58. The van der Waals surface area contributed by atoms with Gasteiger partial charge >= 0.3 is 5.97 Å². The van der Waals surface area contributed by atoms with Gasteiger partial charge in [0.25, 0.3) is 5.91 Å². The van der Waals surface area contributed by atoms with E-state index < -0.39 is 12.0 Å². The van der Waals surface area contributed by atoms with Crippen molar-refractivity contribution in [3.05, 3.63) is 33.8 Å². The van der Waals surface area contributed by atoms with Crippen molar-refractivity contribution in [2.45, 2.75) is 19.4 Å². The summed E-state index contributed by atoms with van der Waals surface area (Å²) in [5.74, 6) is -0.670.